The summed E-state index contributed by atoms with van der Waals surface area (Å²) >= 11 is 0. The summed E-state index contributed by atoms with van der Waals surface area (Å²) in [5.41, 5.74) is 0. The van der Waals surface area contributed by atoms with Crippen molar-refractivity contribution in [3.8, 4) is 0 Å². The predicted molar refractivity (Wildman–Crippen MR) is 45.8 cm³/mol. The Kier molecular flexibility index (Phi) is 2.29. The topological polar surface area (TPSA) is 82.1 Å². The number of aliphatic hydroxyl groups is 1. The van der Waals surface area contributed by atoms with Crippen molar-refractivity contribution in [1.82, 2.24) is 0 Å². The molecule has 1 N–H and O–H groups in total. The molecule has 2 aliphatic heterocycles. The molecule has 0 radical (unpaired) electrons. The van der Waals surface area contributed by atoms with Gasteiger partial charge < -0.3 is 19.3 Å². The van der Waals surface area contributed by atoms with E-state index in [1.165, 1.54) is 0 Å². The average Bonchev–Trinajstić information content (AvgIpc) is 2.62. The molecule has 2 heterocycles. The fourth-order valence-electron chi connectivity index (χ4n) is 1.64. The van der Waals surface area contributed by atoms with Gasteiger partial charge in [0.2, 0.25) is 11.9 Å². The molecule has 15 heavy (non-hydrogen) atoms. The Morgan fingerprint density at radius 3 is 2.47 bits per heavy atom. The number of ether oxygens (including phenoxy) is 3. The van der Waals surface area contributed by atoms with Gasteiger partial charge in [-0.15, -0.1) is 0 Å². The maximum atomic E-state index is 11.4. The zero-order valence-corrected chi connectivity index (χ0v) is 8.43. The summed E-state index contributed by atoms with van der Waals surface area (Å²) in [6.45, 7) is 3.57. The monoisotopic (exact) mass is 216 g/mol. The number of rotatable bonds is 1. The fraction of sp³-hybridized carbons (Fsp3) is 0.778. The minimum atomic E-state index is -1.68. The van der Waals surface area contributed by atoms with E-state index in [9.17, 15) is 9.59 Å². The van der Waals surface area contributed by atoms with E-state index in [0.717, 1.165) is 0 Å². The van der Waals surface area contributed by atoms with Crippen LogP contribution in [0, 0.1) is 0 Å². The first-order chi connectivity index (χ1) is 6.91. The van der Waals surface area contributed by atoms with Crippen LogP contribution in [-0.2, 0) is 23.8 Å². The van der Waals surface area contributed by atoms with E-state index in [-0.39, 0.29) is 6.61 Å². The fourth-order valence-corrected chi connectivity index (χ4v) is 1.64. The molecule has 0 bridgehead atoms. The van der Waals surface area contributed by atoms with E-state index in [2.05, 4.69) is 0 Å². The second-order valence-corrected chi connectivity index (χ2v) is 4.03. The molecule has 2 saturated heterocycles. The van der Waals surface area contributed by atoms with Gasteiger partial charge in [-0.25, -0.2) is 4.79 Å². The van der Waals surface area contributed by atoms with Crippen molar-refractivity contribution in [3.63, 3.8) is 0 Å². The highest BCUT2D eigenvalue weighted by molar-refractivity contribution is 6.09. The van der Waals surface area contributed by atoms with Crippen molar-refractivity contribution in [2.24, 2.45) is 0 Å². The highest BCUT2D eigenvalue weighted by atomic mass is 16.8. The molecular formula is C9H12O6. The van der Waals surface area contributed by atoms with Gasteiger partial charge in [0.05, 0.1) is 6.61 Å². The van der Waals surface area contributed by atoms with E-state index >= 15 is 0 Å². The van der Waals surface area contributed by atoms with Crippen LogP contribution in [0.5, 0.6) is 0 Å². The Morgan fingerprint density at radius 1 is 1.40 bits per heavy atom. The van der Waals surface area contributed by atoms with E-state index in [4.69, 9.17) is 19.3 Å². The van der Waals surface area contributed by atoms with Gasteiger partial charge in [-0.05, 0) is 13.8 Å². The number of cyclic esters (lactones) is 1. The van der Waals surface area contributed by atoms with Crippen LogP contribution in [0.4, 0.5) is 0 Å². The van der Waals surface area contributed by atoms with Gasteiger partial charge in [-0.1, -0.05) is 0 Å². The lowest BCUT2D eigenvalue weighted by Crippen LogP contribution is -2.37. The van der Waals surface area contributed by atoms with Gasteiger partial charge >= 0.3 is 5.97 Å². The van der Waals surface area contributed by atoms with Crippen molar-refractivity contribution in [2.75, 3.05) is 6.61 Å². The number of Topliss-reactive ketones (excluding diaryl/α,β-unsaturated/α-hetero) is 1. The molecule has 2 aliphatic rings. The summed E-state index contributed by atoms with van der Waals surface area (Å²) < 4.78 is 15.3. The van der Waals surface area contributed by atoms with Crippen LogP contribution in [0.15, 0.2) is 0 Å². The third-order valence-electron chi connectivity index (χ3n) is 2.38. The summed E-state index contributed by atoms with van der Waals surface area (Å²) in [4.78, 5) is 22.3. The molecule has 0 aromatic carbocycles. The van der Waals surface area contributed by atoms with Crippen molar-refractivity contribution in [1.29, 1.82) is 0 Å². The highest BCUT2D eigenvalue weighted by Crippen LogP contribution is 2.28. The minimum Gasteiger partial charge on any atom is -0.449 e. The first-order valence-corrected chi connectivity index (χ1v) is 4.65. The predicted octanol–water partition coefficient (Wildman–Crippen LogP) is -1.01. The number of aliphatic hydroxyl groups excluding tert-OH is 1. The molecule has 0 amide bonds. The lowest BCUT2D eigenvalue weighted by Gasteiger charge is -2.18. The van der Waals surface area contributed by atoms with Crippen LogP contribution in [0.1, 0.15) is 13.8 Å². The van der Waals surface area contributed by atoms with Gasteiger partial charge in [0.15, 0.2) is 11.9 Å². The van der Waals surface area contributed by atoms with Crippen LogP contribution >= 0.6 is 0 Å². The Hall–Kier alpha value is -0.980. The van der Waals surface area contributed by atoms with Crippen LogP contribution in [0.25, 0.3) is 0 Å². The molecule has 84 valence electrons. The molecule has 0 spiro atoms. The maximum absolute atomic E-state index is 11.4. The molecule has 0 saturated carbocycles. The second-order valence-electron chi connectivity index (χ2n) is 4.03. The van der Waals surface area contributed by atoms with Crippen LogP contribution in [0.2, 0.25) is 0 Å². The summed E-state index contributed by atoms with van der Waals surface area (Å²) in [6.07, 6.45) is -3.36. The van der Waals surface area contributed by atoms with E-state index in [1.807, 2.05) is 0 Å². The molecule has 0 aromatic heterocycles. The second kappa shape index (κ2) is 3.26. The Morgan fingerprint density at radius 2 is 2.07 bits per heavy atom. The Labute approximate surface area is 86.1 Å². The zero-order chi connectivity index (χ0) is 11.2. The Bertz CT molecular complexity index is 310. The van der Waals surface area contributed by atoms with E-state index < -0.39 is 35.9 Å². The molecule has 6 heteroatoms. The standard InChI is InChI=1S/C9H12O6/c1-9(2)13-3-4(15-9)7-5(10)6(11)8(12)14-7/h4,6-7,11H,3H2,1-2H3/t4-,6-,7-/m0/s1. The van der Waals surface area contributed by atoms with Crippen LogP contribution in [0.3, 0.4) is 0 Å². The van der Waals surface area contributed by atoms with Crippen LogP contribution in [-0.4, -0.2) is 47.6 Å². The summed E-state index contributed by atoms with van der Waals surface area (Å²) in [5, 5.41) is 9.11. The molecular weight excluding hydrogens is 204 g/mol. The lowest BCUT2D eigenvalue weighted by atomic mass is 10.1. The summed E-state index contributed by atoms with van der Waals surface area (Å²) in [7, 11) is 0. The van der Waals surface area contributed by atoms with Gasteiger partial charge in [0.1, 0.15) is 6.10 Å². The van der Waals surface area contributed by atoms with E-state index in [1.54, 1.807) is 13.8 Å². The van der Waals surface area contributed by atoms with Crippen molar-refractivity contribution >= 4 is 11.8 Å². The number of hydrogen-bond acceptors (Lipinski definition) is 6. The average molecular weight is 216 g/mol. The largest absolute Gasteiger partial charge is 0.449 e. The minimum absolute atomic E-state index is 0.170. The summed E-state index contributed by atoms with van der Waals surface area (Å²) in [6, 6.07) is 0. The summed E-state index contributed by atoms with van der Waals surface area (Å²) in [5.74, 6) is -2.37. The molecule has 2 fully saturated rings. The SMILES string of the molecule is CC1(C)OC[C@@H]([C@@H]2OC(=O)[C@@H](O)C2=O)O1. The normalized spacial score (nSPS) is 39.5. The number of carbonyl (C=O) groups excluding carboxylic acids is 2. The first kappa shape index (κ1) is 10.5. The third kappa shape index (κ3) is 1.75. The van der Waals surface area contributed by atoms with Gasteiger partial charge in [0, 0.05) is 0 Å². The Balaban J connectivity index is 2.08. The van der Waals surface area contributed by atoms with Crippen molar-refractivity contribution in [2.45, 2.75) is 37.9 Å². The highest BCUT2D eigenvalue weighted by Gasteiger charge is 2.50. The maximum Gasteiger partial charge on any atom is 0.343 e. The quantitative estimate of drug-likeness (QED) is 0.447. The van der Waals surface area contributed by atoms with Crippen molar-refractivity contribution < 1.29 is 28.9 Å². The van der Waals surface area contributed by atoms with Gasteiger partial charge in [-0.3, -0.25) is 4.79 Å². The zero-order valence-electron chi connectivity index (χ0n) is 8.43. The molecule has 0 aromatic rings. The van der Waals surface area contributed by atoms with Crippen LogP contribution < -0.4 is 0 Å². The molecule has 6 nitrogen and oxygen atoms in total. The molecule has 0 unspecified atom stereocenters. The van der Waals surface area contributed by atoms with Crippen molar-refractivity contribution in [3.05, 3.63) is 0 Å². The molecule has 3 atom stereocenters. The smallest absolute Gasteiger partial charge is 0.343 e. The first-order valence-electron chi connectivity index (χ1n) is 4.65. The third-order valence-corrected chi connectivity index (χ3v) is 2.38. The van der Waals surface area contributed by atoms with Gasteiger partial charge in [0.25, 0.3) is 0 Å². The molecule has 2 rings (SSSR count). The number of ketones is 1. The molecule has 0 aliphatic carbocycles. The number of carbonyl (C=O) groups is 2. The number of esters is 1. The van der Waals surface area contributed by atoms with Gasteiger partial charge in [-0.2, -0.15) is 0 Å². The number of hydrogen-bond donors (Lipinski definition) is 1. The lowest BCUT2D eigenvalue weighted by molar-refractivity contribution is -0.164. The van der Waals surface area contributed by atoms with E-state index in [0.29, 0.717) is 0 Å².